The molecule has 6 heteroatoms. The predicted molar refractivity (Wildman–Crippen MR) is 112 cm³/mol. The minimum absolute atomic E-state index is 0.0385. The summed E-state index contributed by atoms with van der Waals surface area (Å²) in [6.07, 6.45) is 2.53. The summed E-state index contributed by atoms with van der Waals surface area (Å²) in [6, 6.07) is 6.46. The lowest BCUT2D eigenvalue weighted by atomic mass is 10.1. The zero-order valence-corrected chi connectivity index (χ0v) is 17.7. The van der Waals surface area contributed by atoms with Gasteiger partial charge in [0.2, 0.25) is 0 Å². The molecule has 0 bridgehead atoms. The highest BCUT2D eigenvalue weighted by molar-refractivity contribution is 5.80. The van der Waals surface area contributed by atoms with E-state index in [-0.39, 0.29) is 6.04 Å². The summed E-state index contributed by atoms with van der Waals surface area (Å²) < 4.78 is 10.9. The second kappa shape index (κ2) is 10.4. The largest absolute Gasteiger partial charge is 0.497 e. The average Bonchev–Trinajstić information content (AvgIpc) is 3.10. The summed E-state index contributed by atoms with van der Waals surface area (Å²) in [4.78, 5) is 7.00. The fraction of sp³-hybridized carbons (Fsp3) is 0.667. The molecular weight excluding hydrogens is 340 g/mol. The fourth-order valence-corrected chi connectivity index (χ4v) is 3.71. The Morgan fingerprint density at radius 2 is 2.04 bits per heavy atom. The first-order valence-electron chi connectivity index (χ1n) is 9.91. The number of benzene rings is 1. The first-order valence-corrected chi connectivity index (χ1v) is 9.91. The number of hydrogen-bond donors (Lipinski definition) is 2. The Kier molecular flexibility index (Phi) is 8.23. The standard InChI is InChI=1S/C21H36N4O2/c1-15(2)14-25-11-7-8-17(25)13-23-21(22-4)24-16(3)19-12-18(26-5)9-10-20(19)27-6/h9-10,12,15-17H,7-8,11,13-14H2,1-6H3,(H2,22,23,24)/t16?,17-/m1/s1. The molecule has 0 spiro atoms. The monoisotopic (exact) mass is 376 g/mol. The van der Waals surface area contributed by atoms with Gasteiger partial charge in [-0.25, -0.2) is 0 Å². The Labute approximate surface area is 164 Å². The second-order valence-electron chi connectivity index (χ2n) is 7.61. The molecule has 0 aromatic heterocycles. The summed E-state index contributed by atoms with van der Waals surface area (Å²) in [5.74, 6) is 3.16. The Balaban J connectivity index is 1.97. The van der Waals surface area contributed by atoms with Crippen LogP contribution in [0.4, 0.5) is 0 Å². The fourth-order valence-electron chi connectivity index (χ4n) is 3.71. The molecule has 1 aromatic rings. The molecule has 1 aromatic carbocycles. The van der Waals surface area contributed by atoms with Crippen molar-refractivity contribution >= 4 is 5.96 Å². The maximum Gasteiger partial charge on any atom is 0.191 e. The Morgan fingerprint density at radius 1 is 1.26 bits per heavy atom. The molecule has 0 radical (unpaired) electrons. The highest BCUT2D eigenvalue weighted by Crippen LogP contribution is 2.29. The van der Waals surface area contributed by atoms with Crippen LogP contribution in [0.5, 0.6) is 11.5 Å². The number of nitrogens with one attached hydrogen (secondary N) is 2. The second-order valence-corrected chi connectivity index (χ2v) is 7.61. The van der Waals surface area contributed by atoms with Crippen molar-refractivity contribution in [3.05, 3.63) is 23.8 Å². The molecule has 2 atom stereocenters. The molecule has 0 amide bonds. The van der Waals surface area contributed by atoms with Crippen LogP contribution in [0.1, 0.15) is 45.2 Å². The van der Waals surface area contributed by atoms with Crippen LogP contribution in [0.3, 0.4) is 0 Å². The third-order valence-electron chi connectivity index (χ3n) is 5.08. The number of aliphatic imine (C=N–C) groups is 1. The van der Waals surface area contributed by atoms with Crippen LogP contribution in [-0.4, -0.2) is 57.8 Å². The number of methoxy groups -OCH3 is 2. The molecule has 0 aliphatic carbocycles. The lowest BCUT2D eigenvalue weighted by molar-refractivity contribution is 0.226. The van der Waals surface area contributed by atoms with E-state index in [1.165, 1.54) is 19.4 Å². The minimum atomic E-state index is 0.0385. The third-order valence-corrected chi connectivity index (χ3v) is 5.08. The van der Waals surface area contributed by atoms with E-state index in [0.29, 0.717) is 12.0 Å². The maximum absolute atomic E-state index is 5.51. The van der Waals surface area contributed by atoms with Crippen LogP contribution in [-0.2, 0) is 0 Å². The lowest BCUT2D eigenvalue weighted by Gasteiger charge is -2.27. The van der Waals surface area contributed by atoms with E-state index >= 15 is 0 Å². The van der Waals surface area contributed by atoms with Crippen LogP contribution in [0.15, 0.2) is 23.2 Å². The average molecular weight is 377 g/mol. The number of guanidine groups is 1. The Morgan fingerprint density at radius 3 is 2.67 bits per heavy atom. The van der Waals surface area contributed by atoms with E-state index in [4.69, 9.17) is 9.47 Å². The van der Waals surface area contributed by atoms with Crippen molar-refractivity contribution in [1.82, 2.24) is 15.5 Å². The van der Waals surface area contributed by atoms with Crippen molar-refractivity contribution in [3.63, 3.8) is 0 Å². The van der Waals surface area contributed by atoms with Crippen LogP contribution in [0, 0.1) is 5.92 Å². The molecule has 1 saturated heterocycles. The minimum Gasteiger partial charge on any atom is -0.497 e. The maximum atomic E-state index is 5.51. The molecule has 2 N–H and O–H groups in total. The van der Waals surface area contributed by atoms with Crippen molar-refractivity contribution in [1.29, 1.82) is 0 Å². The number of hydrogen-bond acceptors (Lipinski definition) is 4. The van der Waals surface area contributed by atoms with Gasteiger partial charge in [0, 0.05) is 31.7 Å². The topological polar surface area (TPSA) is 58.1 Å². The lowest BCUT2D eigenvalue weighted by Crippen LogP contribution is -2.46. The van der Waals surface area contributed by atoms with Gasteiger partial charge in [-0.05, 0) is 50.4 Å². The molecule has 0 saturated carbocycles. The number of rotatable bonds is 8. The van der Waals surface area contributed by atoms with Gasteiger partial charge in [0.05, 0.1) is 20.3 Å². The molecule has 152 valence electrons. The predicted octanol–water partition coefficient (Wildman–Crippen LogP) is 3.05. The van der Waals surface area contributed by atoms with E-state index < -0.39 is 0 Å². The van der Waals surface area contributed by atoms with E-state index in [1.807, 2.05) is 25.2 Å². The summed E-state index contributed by atoms with van der Waals surface area (Å²) in [5, 5.41) is 6.98. The normalized spacial score (nSPS) is 19.2. The van der Waals surface area contributed by atoms with Crippen molar-refractivity contribution in [2.24, 2.45) is 10.9 Å². The highest BCUT2D eigenvalue weighted by Gasteiger charge is 2.25. The molecule has 1 aliphatic rings. The quantitative estimate of drug-likeness (QED) is 0.539. The van der Waals surface area contributed by atoms with Gasteiger partial charge in [-0.1, -0.05) is 13.8 Å². The molecule has 27 heavy (non-hydrogen) atoms. The van der Waals surface area contributed by atoms with Gasteiger partial charge >= 0.3 is 0 Å². The summed E-state index contributed by atoms with van der Waals surface area (Å²) in [7, 11) is 5.18. The smallest absolute Gasteiger partial charge is 0.191 e. The zero-order chi connectivity index (χ0) is 19.8. The Bertz CT molecular complexity index is 618. The highest BCUT2D eigenvalue weighted by atomic mass is 16.5. The Hall–Kier alpha value is -1.95. The van der Waals surface area contributed by atoms with Crippen LogP contribution in [0.2, 0.25) is 0 Å². The third kappa shape index (κ3) is 6.03. The van der Waals surface area contributed by atoms with Crippen LogP contribution < -0.4 is 20.1 Å². The molecule has 6 nitrogen and oxygen atoms in total. The van der Waals surface area contributed by atoms with Gasteiger partial charge in [0.25, 0.3) is 0 Å². The molecule has 1 aliphatic heterocycles. The first kappa shape index (κ1) is 21.4. The summed E-state index contributed by atoms with van der Waals surface area (Å²) in [6.45, 7) is 9.95. The molecule has 1 fully saturated rings. The zero-order valence-electron chi connectivity index (χ0n) is 17.7. The van der Waals surface area contributed by atoms with Gasteiger partial charge in [-0.15, -0.1) is 0 Å². The number of nitrogens with zero attached hydrogens (tertiary/aromatic N) is 2. The SMILES string of the molecule is CN=C(NC[C@H]1CCCN1CC(C)C)NC(C)c1cc(OC)ccc1OC. The van der Waals surface area contributed by atoms with E-state index in [1.54, 1.807) is 14.2 Å². The summed E-state index contributed by atoms with van der Waals surface area (Å²) >= 11 is 0. The van der Waals surface area contributed by atoms with Crippen molar-refractivity contribution < 1.29 is 9.47 Å². The first-order chi connectivity index (χ1) is 13.0. The summed E-state index contributed by atoms with van der Waals surface area (Å²) in [5.41, 5.74) is 1.04. The van der Waals surface area contributed by atoms with E-state index in [0.717, 1.165) is 36.1 Å². The van der Waals surface area contributed by atoms with Crippen molar-refractivity contribution in [3.8, 4) is 11.5 Å². The van der Waals surface area contributed by atoms with Crippen LogP contribution >= 0.6 is 0 Å². The number of ether oxygens (including phenoxy) is 2. The van der Waals surface area contributed by atoms with E-state index in [2.05, 4.69) is 41.3 Å². The number of likely N-dealkylation sites (tertiary alicyclic amines) is 1. The van der Waals surface area contributed by atoms with Crippen molar-refractivity contribution in [2.45, 2.75) is 45.7 Å². The van der Waals surface area contributed by atoms with E-state index in [9.17, 15) is 0 Å². The molecule has 2 rings (SSSR count). The molecule has 1 unspecified atom stereocenters. The van der Waals surface area contributed by atoms with Gasteiger partial charge in [0.1, 0.15) is 11.5 Å². The van der Waals surface area contributed by atoms with Gasteiger partial charge < -0.3 is 20.1 Å². The van der Waals surface area contributed by atoms with Gasteiger partial charge in [-0.2, -0.15) is 0 Å². The molecular formula is C21H36N4O2. The molecule has 1 heterocycles. The van der Waals surface area contributed by atoms with Gasteiger partial charge in [-0.3, -0.25) is 9.89 Å². The van der Waals surface area contributed by atoms with Crippen LogP contribution in [0.25, 0.3) is 0 Å². The van der Waals surface area contributed by atoms with Gasteiger partial charge in [0.15, 0.2) is 5.96 Å². The van der Waals surface area contributed by atoms with Crippen molar-refractivity contribution in [2.75, 3.05) is 40.9 Å².